The predicted octanol–water partition coefficient (Wildman–Crippen LogP) is 2.57. The van der Waals surface area contributed by atoms with Crippen LogP contribution in [0, 0.1) is 25.2 Å². The molecule has 4 nitrogen and oxygen atoms in total. The number of aryl methyl sites for hydroxylation is 1. The second-order valence-corrected chi connectivity index (χ2v) is 4.08. The van der Waals surface area contributed by atoms with Crippen LogP contribution in [-0.2, 0) is 0 Å². The van der Waals surface area contributed by atoms with E-state index in [1.54, 1.807) is 0 Å². The molecule has 1 aromatic heterocycles. The van der Waals surface area contributed by atoms with Crippen LogP contribution in [0.5, 0.6) is 0 Å². The molecule has 0 aliphatic rings. The fourth-order valence-corrected chi connectivity index (χ4v) is 1.58. The largest absolute Gasteiger partial charge is 0.365 e. The van der Waals surface area contributed by atoms with Crippen molar-refractivity contribution < 1.29 is 0 Å². The SMILES string of the molecule is CCCC(C)Nc1nnc(C)c(C)c1C#N. The van der Waals surface area contributed by atoms with Crippen molar-refractivity contribution in [1.82, 2.24) is 10.2 Å². The van der Waals surface area contributed by atoms with Crippen LogP contribution < -0.4 is 5.32 Å². The van der Waals surface area contributed by atoms with Crippen LogP contribution in [-0.4, -0.2) is 16.2 Å². The molecule has 0 amide bonds. The van der Waals surface area contributed by atoms with Crippen LogP contribution in [0.1, 0.15) is 43.5 Å². The van der Waals surface area contributed by atoms with Gasteiger partial charge in [0, 0.05) is 6.04 Å². The molecule has 1 atom stereocenters. The van der Waals surface area contributed by atoms with Crippen molar-refractivity contribution in [3.63, 3.8) is 0 Å². The first kappa shape index (κ1) is 12.4. The van der Waals surface area contributed by atoms with Gasteiger partial charge in [-0.05, 0) is 32.8 Å². The zero-order chi connectivity index (χ0) is 12.1. The number of nitriles is 1. The number of rotatable bonds is 4. The van der Waals surface area contributed by atoms with Crippen LogP contribution >= 0.6 is 0 Å². The highest BCUT2D eigenvalue weighted by molar-refractivity contribution is 5.56. The van der Waals surface area contributed by atoms with Gasteiger partial charge in [-0.2, -0.15) is 10.4 Å². The topological polar surface area (TPSA) is 61.6 Å². The molecule has 86 valence electrons. The minimum atomic E-state index is 0.313. The summed E-state index contributed by atoms with van der Waals surface area (Å²) in [5.41, 5.74) is 2.32. The van der Waals surface area contributed by atoms with Crippen LogP contribution in [0.25, 0.3) is 0 Å². The number of hydrogen-bond acceptors (Lipinski definition) is 4. The predicted molar refractivity (Wildman–Crippen MR) is 64.2 cm³/mol. The number of nitrogens with one attached hydrogen (secondary N) is 1. The molecular formula is C12H18N4. The minimum Gasteiger partial charge on any atom is -0.365 e. The maximum atomic E-state index is 9.11. The van der Waals surface area contributed by atoms with E-state index in [2.05, 4.69) is 35.4 Å². The third kappa shape index (κ3) is 2.69. The molecule has 0 aliphatic carbocycles. The van der Waals surface area contributed by atoms with E-state index < -0.39 is 0 Å². The molecule has 1 N–H and O–H groups in total. The van der Waals surface area contributed by atoms with Gasteiger partial charge in [-0.15, -0.1) is 5.10 Å². The molecule has 1 unspecified atom stereocenters. The Bertz CT molecular complexity index is 406. The van der Waals surface area contributed by atoms with Crippen LogP contribution in [0.3, 0.4) is 0 Å². The van der Waals surface area contributed by atoms with Gasteiger partial charge in [0.1, 0.15) is 11.6 Å². The van der Waals surface area contributed by atoms with Crippen molar-refractivity contribution in [3.8, 4) is 6.07 Å². The van der Waals surface area contributed by atoms with Gasteiger partial charge in [-0.25, -0.2) is 0 Å². The van der Waals surface area contributed by atoms with E-state index in [1.807, 2.05) is 13.8 Å². The molecule has 0 bridgehead atoms. The van der Waals surface area contributed by atoms with Gasteiger partial charge in [0.2, 0.25) is 0 Å². The summed E-state index contributed by atoms with van der Waals surface area (Å²) in [4.78, 5) is 0. The fourth-order valence-electron chi connectivity index (χ4n) is 1.58. The lowest BCUT2D eigenvalue weighted by atomic mass is 10.1. The zero-order valence-corrected chi connectivity index (χ0v) is 10.3. The summed E-state index contributed by atoms with van der Waals surface area (Å²) in [7, 11) is 0. The number of aromatic nitrogens is 2. The lowest BCUT2D eigenvalue weighted by molar-refractivity contribution is 0.684. The lowest BCUT2D eigenvalue weighted by Gasteiger charge is -2.15. The monoisotopic (exact) mass is 218 g/mol. The molecule has 1 heterocycles. The Hall–Kier alpha value is -1.63. The highest BCUT2D eigenvalue weighted by Crippen LogP contribution is 2.18. The van der Waals surface area contributed by atoms with E-state index in [4.69, 9.17) is 5.26 Å². The highest BCUT2D eigenvalue weighted by atomic mass is 15.2. The summed E-state index contributed by atoms with van der Waals surface area (Å²) in [6.45, 7) is 7.98. The second-order valence-electron chi connectivity index (χ2n) is 4.08. The summed E-state index contributed by atoms with van der Waals surface area (Å²) < 4.78 is 0. The number of hydrogen-bond donors (Lipinski definition) is 1. The van der Waals surface area contributed by atoms with Crippen molar-refractivity contribution >= 4 is 5.82 Å². The summed E-state index contributed by atoms with van der Waals surface area (Å²) in [6.07, 6.45) is 2.16. The Morgan fingerprint density at radius 2 is 2.06 bits per heavy atom. The van der Waals surface area contributed by atoms with Gasteiger partial charge in [-0.3, -0.25) is 0 Å². The smallest absolute Gasteiger partial charge is 0.167 e. The molecule has 1 aromatic rings. The quantitative estimate of drug-likeness (QED) is 0.843. The van der Waals surface area contributed by atoms with Crippen molar-refractivity contribution in [2.75, 3.05) is 5.32 Å². The van der Waals surface area contributed by atoms with Crippen LogP contribution in [0.2, 0.25) is 0 Å². The molecule has 0 radical (unpaired) electrons. The van der Waals surface area contributed by atoms with E-state index >= 15 is 0 Å². The Morgan fingerprint density at radius 3 is 2.62 bits per heavy atom. The maximum absolute atomic E-state index is 9.11. The molecule has 1 rings (SSSR count). The van der Waals surface area contributed by atoms with E-state index in [9.17, 15) is 0 Å². The summed E-state index contributed by atoms with van der Waals surface area (Å²) >= 11 is 0. The third-order valence-corrected chi connectivity index (χ3v) is 2.67. The van der Waals surface area contributed by atoms with Gasteiger partial charge in [-0.1, -0.05) is 13.3 Å². The molecule has 0 spiro atoms. The Balaban J connectivity index is 2.97. The molecule has 16 heavy (non-hydrogen) atoms. The van der Waals surface area contributed by atoms with Crippen molar-refractivity contribution in [2.45, 2.75) is 46.6 Å². The molecule has 0 saturated carbocycles. The standard InChI is InChI=1S/C12H18N4/c1-5-6-8(2)14-12-11(7-13)9(3)10(4)15-16-12/h8H,5-6H2,1-4H3,(H,14,16). The summed E-state index contributed by atoms with van der Waals surface area (Å²) in [6, 6.07) is 2.50. The molecule has 0 saturated heterocycles. The Labute approximate surface area is 96.7 Å². The van der Waals surface area contributed by atoms with Crippen LogP contribution in [0.15, 0.2) is 0 Å². The van der Waals surface area contributed by atoms with Crippen LogP contribution in [0.4, 0.5) is 5.82 Å². The third-order valence-electron chi connectivity index (χ3n) is 2.67. The summed E-state index contributed by atoms with van der Waals surface area (Å²) in [5, 5.41) is 20.4. The van der Waals surface area contributed by atoms with Gasteiger partial charge >= 0.3 is 0 Å². The van der Waals surface area contributed by atoms with Gasteiger partial charge in [0.15, 0.2) is 5.82 Å². The molecular weight excluding hydrogens is 200 g/mol. The van der Waals surface area contributed by atoms with Gasteiger partial charge in [0.25, 0.3) is 0 Å². The molecule has 0 aliphatic heterocycles. The van der Waals surface area contributed by atoms with Crippen molar-refractivity contribution in [1.29, 1.82) is 5.26 Å². The first-order valence-electron chi connectivity index (χ1n) is 5.60. The van der Waals surface area contributed by atoms with Gasteiger partial charge in [0.05, 0.1) is 5.69 Å². The van der Waals surface area contributed by atoms with E-state index in [0.29, 0.717) is 17.4 Å². The number of nitrogens with zero attached hydrogens (tertiary/aromatic N) is 3. The maximum Gasteiger partial charge on any atom is 0.167 e. The Morgan fingerprint density at radius 1 is 1.38 bits per heavy atom. The minimum absolute atomic E-state index is 0.313. The van der Waals surface area contributed by atoms with Gasteiger partial charge < -0.3 is 5.32 Å². The molecule has 0 fully saturated rings. The molecule has 0 aromatic carbocycles. The second kappa shape index (κ2) is 5.45. The average molecular weight is 218 g/mol. The fraction of sp³-hybridized carbons (Fsp3) is 0.583. The first-order chi connectivity index (χ1) is 7.60. The zero-order valence-electron chi connectivity index (χ0n) is 10.3. The first-order valence-corrected chi connectivity index (χ1v) is 5.60. The van der Waals surface area contributed by atoms with E-state index in [-0.39, 0.29) is 0 Å². The van der Waals surface area contributed by atoms with Crippen molar-refractivity contribution in [3.05, 3.63) is 16.8 Å². The Kier molecular flexibility index (Phi) is 4.24. The average Bonchev–Trinajstić information content (AvgIpc) is 2.24. The normalized spacial score (nSPS) is 11.9. The highest BCUT2D eigenvalue weighted by Gasteiger charge is 2.12. The van der Waals surface area contributed by atoms with E-state index in [1.165, 1.54) is 0 Å². The number of anilines is 1. The lowest BCUT2D eigenvalue weighted by Crippen LogP contribution is -2.17. The van der Waals surface area contributed by atoms with Crippen molar-refractivity contribution in [2.24, 2.45) is 0 Å². The summed E-state index contributed by atoms with van der Waals surface area (Å²) in [5.74, 6) is 0.603. The van der Waals surface area contributed by atoms with E-state index in [0.717, 1.165) is 24.1 Å². The molecule has 4 heteroatoms.